The first-order valence-corrected chi connectivity index (χ1v) is 7.17. The quantitative estimate of drug-likeness (QED) is 0.313. The standard InChI is InChI=1S/C16H20O7/c1-5-20-16(21-6-2)15(19)13-8-7-12(22-10(3)17)9-14(13)23-11(4)18/h7-9,16H,5-6H2,1-4H3. The number of Topliss-reactive ketones (excluding diaryl/α,β-unsaturated/α-hetero) is 1. The van der Waals surface area contributed by atoms with Crippen LogP contribution in [0.5, 0.6) is 11.5 Å². The van der Waals surface area contributed by atoms with Crippen molar-refractivity contribution in [2.75, 3.05) is 13.2 Å². The summed E-state index contributed by atoms with van der Waals surface area (Å²) in [5.41, 5.74) is 0.100. The van der Waals surface area contributed by atoms with E-state index in [2.05, 4.69) is 0 Å². The third kappa shape index (κ3) is 5.80. The van der Waals surface area contributed by atoms with Gasteiger partial charge in [0.2, 0.25) is 12.1 Å². The SMILES string of the molecule is CCOC(OCC)C(=O)c1ccc(OC(C)=O)cc1OC(C)=O. The second-order valence-electron chi connectivity index (χ2n) is 4.45. The molecule has 7 nitrogen and oxygen atoms in total. The first-order chi connectivity index (χ1) is 10.9. The summed E-state index contributed by atoms with van der Waals surface area (Å²) in [5, 5.41) is 0. The predicted octanol–water partition coefficient (Wildman–Crippen LogP) is 2.12. The molecule has 1 aromatic carbocycles. The average molecular weight is 324 g/mol. The summed E-state index contributed by atoms with van der Waals surface area (Å²) in [6, 6.07) is 4.12. The molecule has 0 bridgehead atoms. The summed E-state index contributed by atoms with van der Waals surface area (Å²) in [6.45, 7) is 6.47. The zero-order chi connectivity index (χ0) is 17.4. The lowest BCUT2D eigenvalue weighted by atomic mass is 10.1. The second kappa shape index (κ2) is 9.02. The molecule has 7 heteroatoms. The normalized spacial score (nSPS) is 10.5. The van der Waals surface area contributed by atoms with Crippen LogP contribution in [0.15, 0.2) is 18.2 Å². The fraction of sp³-hybridized carbons (Fsp3) is 0.438. The second-order valence-corrected chi connectivity index (χ2v) is 4.45. The van der Waals surface area contributed by atoms with E-state index in [-0.39, 0.29) is 30.3 Å². The lowest BCUT2D eigenvalue weighted by molar-refractivity contribution is -0.132. The van der Waals surface area contributed by atoms with E-state index in [0.717, 1.165) is 0 Å². The highest BCUT2D eigenvalue weighted by molar-refractivity contribution is 6.01. The Morgan fingerprint density at radius 1 is 0.957 bits per heavy atom. The van der Waals surface area contributed by atoms with E-state index < -0.39 is 24.0 Å². The van der Waals surface area contributed by atoms with Gasteiger partial charge in [0.15, 0.2) is 0 Å². The Hall–Kier alpha value is -2.25. The zero-order valence-electron chi connectivity index (χ0n) is 13.6. The van der Waals surface area contributed by atoms with Gasteiger partial charge in [0.1, 0.15) is 11.5 Å². The Balaban J connectivity index is 3.18. The molecule has 0 saturated carbocycles. The van der Waals surface area contributed by atoms with Gasteiger partial charge in [-0.15, -0.1) is 0 Å². The maximum Gasteiger partial charge on any atom is 0.308 e. The van der Waals surface area contributed by atoms with E-state index >= 15 is 0 Å². The molecule has 0 saturated heterocycles. The fourth-order valence-corrected chi connectivity index (χ4v) is 1.80. The molecule has 0 aliphatic carbocycles. The molecule has 0 unspecified atom stereocenters. The van der Waals surface area contributed by atoms with Crippen molar-refractivity contribution in [3.05, 3.63) is 23.8 Å². The molecule has 0 radical (unpaired) electrons. The molecular weight excluding hydrogens is 304 g/mol. The predicted molar refractivity (Wildman–Crippen MR) is 80.4 cm³/mol. The van der Waals surface area contributed by atoms with Crippen molar-refractivity contribution in [3.8, 4) is 11.5 Å². The van der Waals surface area contributed by atoms with Crippen LogP contribution in [0.4, 0.5) is 0 Å². The van der Waals surface area contributed by atoms with Crippen molar-refractivity contribution in [2.24, 2.45) is 0 Å². The van der Waals surface area contributed by atoms with Crippen molar-refractivity contribution in [1.82, 2.24) is 0 Å². The van der Waals surface area contributed by atoms with E-state index in [1.807, 2.05) is 0 Å². The van der Waals surface area contributed by atoms with Gasteiger partial charge in [-0.1, -0.05) is 0 Å². The summed E-state index contributed by atoms with van der Waals surface area (Å²) in [6.07, 6.45) is -1.10. The number of benzene rings is 1. The Morgan fingerprint density at radius 2 is 1.52 bits per heavy atom. The Labute approximate surface area is 134 Å². The van der Waals surface area contributed by atoms with Crippen molar-refractivity contribution in [2.45, 2.75) is 34.0 Å². The lowest BCUT2D eigenvalue weighted by Crippen LogP contribution is -2.28. The third-order valence-corrected chi connectivity index (χ3v) is 2.58. The van der Waals surface area contributed by atoms with Crippen LogP contribution < -0.4 is 9.47 Å². The molecular formula is C16H20O7. The minimum Gasteiger partial charge on any atom is -0.427 e. The van der Waals surface area contributed by atoms with Gasteiger partial charge < -0.3 is 18.9 Å². The molecule has 0 fully saturated rings. The van der Waals surface area contributed by atoms with E-state index in [1.165, 1.54) is 32.0 Å². The smallest absolute Gasteiger partial charge is 0.308 e. The van der Waals surface area contributed by atoms with Gasteiger partial charge in [-0.05, 0) is 26.0 Å². The molecule has 0 N–H and O–H groups in total. The van der Waals surface area contributed by atoms with Crippen LogP contribution in [0.25, 0.3) is 0 Å². The summed E-state index contributed by atoms with van der Waals surface area (Å²) < 4.78 is 20.5. The first-order valence-electron chi connectivity index (χ1n) is 7.17. The largest absolute Gasteiger partial charge is 0.427 e. The molecule has 0 atom stereocenters. The number of ketones is 1. The Morgan fingerprint density at radius 3 is 2.00 bits per heavy atom. The van der Waals surface area contributed by atoms with E-state index in [1.54, 1.807) is 13.8 Å². The van der Waals surface area contributed by atoms with E-state index in [0.29, 0.717) is 0 Å². The van der Waals surface area contributed by atoms with E-state index in [4.69, 9.17) is 18.9 Å². The molecule has 126 valence electrons. The maximum absolute atomic E-state index is 12.5. The summed E-state index contributed by atoms with van der Waals surface area (Å²) in [7, 11) is 0. The number of esters is 2. The van der Waals surface area contributed by atoms with Gasteiger partial charge in [-0.25, -0.2) is 0 Å². The number of ether oxygens (including phenoxy) is 4. The molecule has 0 aliphatic rings. The summed E-state index contributed by atoms with van der Waals surface area (Å²) in [4.78, 5) is 34.8. The molecule has 1 rings (SSSR count). The Kier molecular flexibility index (Phi) is 7.37. The van der Waals surface area contributed by atoms with Crippen LogP contribution in [0.2, 0.25) is 0 Å². The molecule has 0 spiro atoms. The molecule has 23 heavy (non-hydrogen) atoms. The lowest BCUT2D eigenvalue weighted by Gasteiger charge is -2.17. The van der Waals surface area contributed by atoms with E-state index in [9.17, 15) is 14.4 Å². The highest BCUT2D eigenvalue weighted by Gasteiger charge is 2.25. The topological polar surface area (TPSA) is 88.1 Å². The van der Waals surface area contributed by atoms with Gasteiger partial charge in [0.05, 0.1) is 5.56 Å². The zero-order valence-corrected chi connectivity index (χ0v) is 13.6. The van der Waals surface area contributed by atoms with Gasteiger partial charge in [0, 0.05) is 33.1 Å². The number of hydrogen-bond donors (Lipinski definition) is 0. The molecule has 0 aliphatic heterocycles. The van der Waals surface area contributed by atoms with Crippen molar-refractivity contribution in [1.29, 1.82) is 0 Å². The first kappa shape index (κ1) is 18.8. The molecule has 1 aromatic rings. The van der Waals surface area contributed by atoms with Crippen molar-refractivity contribution in [3.63, 3.8) is 0 Å². The highest BCUT2D eigenvalue weighted by atomic mass is 16.7. The molecule has 0 heterocycles. The Bertz CT molecular complexity index is 574. The third-order valence-electron chi connectivity index (χ3n) is 2.58. The van der Waals surface area contributed by atoms with Crippen LogP contribution in [0, 0.1) is 0 Å². The highest BCUT2D eigenvalue weighted by Crippen LogP contribution is 2.27. The van der Waals surface area contributed by atoms with Crippen molar-refractivity contribution < 1.29 is 33.3 Å². The van der Waals surface area contributed by atoms with Crippen molar-refractivity contribution >= 4 is 17.7 Å². The summed E-state index contributed by atoms with van der Waals surface area (Å²) >= 11 is 0. The number of hydrogen-bond acceptors (Lipinski definition) is 7. The average Bonchev–Trinajstić information content (AvgIpc) is 2.45. The van der Waals surface area contributed by atoms with Gasteiger partial charge in [-0.2, -0.15) is 0 Å². The number of carbonyl (C=O) groups is 3. The van der Waals surface area contributed by atoms with Crippen LogP contribution >= 0.6 is 0 Å². The molecule has 0 amide bonds. The van der Waals surface area contributed by atoms with Gasteiger partial charge in [-0.3, -0.25) is 14.4 Å². The fourth-order valence-electron chi connectivity index (χ4n) is 1.80. The van der Waals surface area contributed by atoms with Gasteiger partial charge >= 0.3 is 11.9 Å². The number of carbonyl (C=O) groups excluding carboxylic acids is 3. The van der Waals surface area contributed by atoms with Crippen LogP contribution in [0.3, 0.4) is 0 Å². The monoisotopic (exact) mass is 324 g/mol. The number of rotatable bonds is 8. The summed E-state index contributed by atoms with van der Waals surface area (Å²) in [5.74, 6) is -1.48. The van der Waals surface area contributed by atoms with Crippen LogP contribution in [0.1, 0.15) is 38.1 Å². The van der Waals surface area contributed by atoms with Crippen LogP contribution in [-0.4, -0.2) is 37.2 Å². The van der Waals surface area contributed by atoms with Gasteiger partial charge in [0.25, 0.3) is 0 Å². The minimum absolute atomic E-state index is 0.0225. The molecule has 0 aromatic heterocycles. The maximum atomic E-state index is 12.5. The van der Waals surface area contributed by atoms with Crippen LogP contribution in [-0.2, 0) is 19.1 Å². The minimum atomic E-state index is -1.10.